The van der Waals surface area contributed by atoms with E-state index < -0.39 is 0 Å². The number of nitrogens with one attached hydrogen (secondary N) is 1. The third-order valence-corrected chi connectivity index (χ3v) is 4.99. The minimum Gasteiger partial charge on any atom is -0.267 e. The predicted octanol–water partition coefficient (Wildman–Crippen LogP) is 2.72. The number of halogens is 1. The molecule has 3 heterocycles. The van der Waals surface area contributed by atoms with Gasteiger partial charge in [-0.1, -0.05) is 0 Å². The van der Waals surface area contributed by atoms with Crippen LogP contribution in [0.4, 0.5) is 0 Å². The summed E-state index contributed by atoms with van der Waals surface area (Å²) in [5.74, 6) is 0. The Morgan fingerprint density at radius 2 is 2.30 bits per heavy atom. The van der Waals surface area contributed by atoms with E-state index in [9.17, 15) is 4.79 Å². The highest BCUT2D eigenvalue weighted by molar-refractivity contribution is 7.99. The Balaban J connectivity index is 1.81. The van der Waals surface area contributed by atoms with E-state index in [1.807, 2.05) is 11.4 Å². The second-order valence-electron chi connectivity index (χ2n) is 4.45. The molecule has 0 spiro atoms. The molecule has 102 valence electrons. The summed E-state index contributed by atoms with van der Waals surface area (Å²) in [6.07, 6.45) is 2.04. The molecule has 3 aromatic rings. The molecule has 20 heavy (non-hydrogen) atoms. The summed E-state index contributed by atoms with van der Waals surface area (Å²) in [4.78, 5) is 21.0. The summed E-state index contributed by atoms with van der Waals surface area (Å²) in [6, 6.07) is 2.21. The first-order chi connectivity index (χ1) is 9.72. The van der Waals surface area contributed by atoms with Crippen LogP contribution in [0.15, 0.2) is 26.4 Å². The third-order valence-electron chi connectivity index (χ3n) is 3.03. The van der Waals surface area contributed by atoms with Gasteiger partial charge in [-0.25, -0.2) is 19.9 Å². The van der Waals surface area contributed by atoms with Crippen LogP contribution in [0.25, 0.3) is 10.2 Å². The molecule has 9 heteroatoms. The molecule has 0 radical (unpaired) electrons. The van der Waals surface area contributed by atoms with E-state index in [1.54, 1.807) is 4.57 Å². The van der Waals surface area contributed by atoms with Gasteiger partial charge in [-0.15, -0.1) is 16.4 Å². The first-order valence-electron chi connectivity index (χ1n) is 5.98. The SMILES string of the molecule is O=c1[nH]nc(Sc2nc(Cl)nc3sccc23)n1C1CC1. The molecule has 0 bridgehead atoms. The average molecular weight is 326 g/mol. The molecule has 0 atom stereocenters. The highest BCUT2D eigenvalue weighted by atomic mass is 35.5. The van der Waals surface area contributed by atoms with Gasteiger partial charge in [-0.2, -0.15) is 0 Å². The lowest BCUT2D eigenvalue weighted by Gasteiger charge is -2.04. The van der Waals surface area contributed by atoms with Crippen molar-refractivity contribution >= 4 is 44.9 Å². The number of nitrogens with zero attached hydrogens (tertiary/aromatic N) is 4. The lowest BCUT2D eigenvalue weighted by Crippen LogP contribution is -2.16. The van der Waals surface area contributed by atoms with Gasteiger partial charge in [0.2, 0.25) is 5.28 Å². The topological polar surface area (TPSA) is 76.5 Å². The van der Waals surface area contributed by atoms with Crippen molar-refractivity contribution in [1.29, 1.82) is 0 Å². The average Bonchev–Trinajstić information content (AvgIpc) is 3.01. The lowest BCUT2D eigenvalue weighted by molar-refractivity contribution is 0.642. The van der Waals surface area contributed by atoms with Crippen molar-refractivity contribution in [3.63, 3.8) is 0 Å². The summed E-state index contributed by atoms with van der Waals surface area (Å²) < 4.78 is 1.69. The molecule has 0 aromatic carbocycles. The van der Waals surface area contributed by atoms with Crippen molar-refractivity contribution in [3.8, 4) is 0 Å². The molecular formula is C11H8ClN5OS2. The Bertz CT molecular complexity index is 850. The van der Waals surface area contributed by atoms with Crippen LogP contribution >= 0.6 is 34.7 Å². The van der Waals surface area contributed by atoms with Crippen LogP contribution in [0.3, 0.4) is 0 Å². The monoisotopic (exact) mass is 325 g/mol. The predicted molar refractivity (Wildman–Crippen MR) is 77.7 cm³/mol. The maximum atomic E-state index is 11.8. The first-order valence-corrected chi connectivity index (χ1v) is 8.05. The van der Waals surface area contributed by atoms with E-state index >= 15 is 0 Å². The van der Waals surface area contributed by atoms with Gasteiger partial charge in [-0.05, 0) is 47.7 Å². The van der Waals surface area contributed by atoms with Gasteiger partial charge in [0.05, 0.1) is 0 Å². The molecule has 0 aliphatic heterocycles. The zero-order valence-electron chi connectivity index (χ0n) is 10.0. The summed E-state index contributed by atoms with van der Waals surface area (Å²) in [7, 11) is 0. The number of aromatic amines is 1. The Labute approximate surface area is 126 Å². The van der Waals surface area contributed by atoms with Crippen molar-refractivity contribution in [2.24, 2.45) is 0 Å². The summed E-state index contributed by atoms with van der Waals surface area (Å²) >= 11 is 8.79. The fourth-order valence-electron chi connectivity index (χ4n) is 1.98. The zero-order chi connectivity index (χ0) is 13.7. The molecule has 4 rings (SSSR count). The Morgan fingerprint density at radius 3 is 3.10 bits per heavy atom. The molecule has 3 aromatic heterocycles. The first kappa shape index (κ1) is 12.4. The van der Waals surface area contributed by atoms with Crippen LogP contribution in [0.2, 0.25) is 5.28 Å². The van der Waals surface area contributed by atoms with Crippen LogP contribution in [0.1, 0.15) is 18.9 Å². The second-order valence-corrected chi connectivity index (χ2v) is 6.64. The highest BCUT2D eigenvalue weighted by Crippen LogP contribution is 2.39. The van der Waals surface area contributed by atoms with E-state index in [-0.39, 0.29) is 17.0 Å². The molecule has 1 saturated carbocycles. The number of fused-ring (bicyclic) bond motifs is 1. The van der Waals surface area contributed by atoms with Crippen molar-refractivity contribution in [3.05, 3.63) is 27.2 Å². The van der Waals surface area contributed by atoms with Crippen molar-refractivity contribution in [2.75, 3.05) is 0 Å². The van der Waals surface area contributed by atoms with E-state index in [0.29, 0.717) is 5.16 Å². The molecular weight excluding hydrogens is 318 g/mol. The quantitative estimate of drug-likeness (QED) is 0.592. The Hall–Kier alpha value is -1.38. The molecule has 1 N–H and O–H groups in total. The molecule has 0 unspecified atom stereocenters. The van der Waals surface area contributed by atoms with E-state index in [1.165, 1.54) is 23.1 Å². The molecule has 1 fully saturated rings. The number of hydrogen-bond donors (Lipinski definition) is 1. The fraction of sp³-hybridized carbons (Fsp3) is 0.273. The maximum Gasteiger partial charge on any atom is 0.344 e. The second kappa shape index (κ2) is 4.57. The van der Waals surface area contributed by atoms with Crippen LogP contribution in [-0.2, 0) is 0 Å². The zero-order valence-corrected chi connectivity index (χ0v) is 12.4. The van der Waals surface area contributed by atoms with Gasteiger partial charge in [0.15, 0.2) is 5.16 Å². The smallest absolute Gasteiger partial charge is 0.267 e. The van der Waals surface area contributed by atoms with Gasteiger partial charge in [-0.3, -0.25) is 4.57 Å². The van der Waals surface area contributed by atoms with Gasteiger partial charge in [0, 0.05) is 11.4 Å². The van der Waals surface area contributed by atoms with Crippen LogP contribution in [-0.4, -0.2) is 24.7 Å². The maximum absolute atomic E-state index is 11.8. The molecule has 6 nitrogen and oxygen atoms in total. The van der Waals surface area contributed by atoms with Crippen molar-refractivity contribution in [1.82, 2.24) is 24.7 Å². The van der Waals surface area contributed by atoms with Crippen LogP contribution in [0.5, 0.6) is 0 Å². The number of hydrogen-bond acceptors (Lipinski definition) is 6. The van der Waals surface area contributed by atoms with Crippen molar-refractivity contribution in [2.45, 2.75) is 29.1 Å². The third kappa shape index (κ3) is 2.04. The van der Waals surface area contributed by atoms with Crippen LogP contribution in [0, 0.1) is 0 Å². The lowest BCUT2D eigenvalue weighted by atomic mass is 10.4. The van der Waals surface area contributed by atoms with Gasteiger partial charge >= 0.3 is 5.69 Å². The Morgan fingerprint density at radius 1 is 1.45 bits per heavy atom. The van der Waals surface area contributed by atoms with Gasteiger partial charge in [0.1, 0.15) is 9.86 Å². The van der Waals surface area contributed by atoms with Gasteiger partial charge < -0.3 is 0 Å². The van der Waals surface area contributed by atoms with Crippen molar-refractivity contribution < 1.29 is 0 Å². The number of rotatable bonds is 3. The summed E-state index contributed by atoms with van der Waals surface area (Å²) in [6.45, 7) is 0. The molecule has 1 aliphatic rings. The summed E-state index contributed by atoms with van der Waals surface area (Å²) in [5, 5.41) is 11.0. The number of aromatic nitrogens is 5. The minimum atomic E-state index is -0.170. The largest absolute Gasteiger partial charge is 0.344 e. The summed E-state index contributed by atoms with van der Waals surface area (Å²) in [5.41, 5.74) is -0.170. The van der Waals surface area contributed by atoms with E-state index in [0.717, 1.165) is 28.1 Å². The normalized spacial score (nSPS) is 15.1. The highest BCUT2D eigenvalue weighted by Gasteiger charge is 2.29. The van der Waals surface area contributed by atoms with E-state index in [2.05, 4.69) is 20.2 Å². The van der Waals surface area contributed by atoms with Gasteiger partial charge in [0.25, 0.3) is 0 Å². The fourth-order valence-corrected chi connectivity index (χ4v) is 4.08. The molecule has 0 saturated heterocycles. The van der Waals surface area contributed by atoms with Crippen LogP contribution < -0.4 is 5.69 Å². The minimum absolute atomic E-state index is 0.170. The number of thiophene rings is 1. The standard InChI is InChI=1S/C11H8ClN5OS2/c12-9-13-7-6(3-4-19-7)8(14-9)20-11-16-15-10(18)17(11)5-1-2-5/h3-5H,1-2H2,(H,15,18). The Kier molecular flexibility index (Phi) is 2.83. The molecule has 1 aliphatic carbocycles. The molecule has 0 amide bonds. The van der Waals surface area contributed by atoms with E-state index in [4.69, 9.17) is 11.6 Å². The number of H-pyrrole nitrogens is 1.